The van der Waals surface area contributed by atoms with E-state index in [1.165, 1.54) is 4.90 Å². The molecule has 0 aromatic rings. The quantitative estimate of drug-likeness (QED) is 0.636. The van der Waals surface area contributed by atoms with Crippen molar-refractivity contribution in [2.45, 2.75) is 12.8 Å². The van der Waals surface area contributed by atoms with E-state index in [0.717, 1.165) is 12.8 Å². The van der Waals surface area contributed by atoms with Crippen LogP contribution >= 0.6 is 0 Å². The molecule has 8 nitrogen and oxygen atoms in total. The minimum Gasteiger partial charge on any atom is -0.481 e. The normalized spacial score (nSPS) is 34.2. The van der Waals surface area contributed by atoms with Crippen molar-refractivity contribution in [1.29, 1.82) is 0 Å². The molecular weight excluding hydrogens is 290 g/mol. The van der Waals surface area contributed by atoms with Gasteiger partial charge in [-0.1, -0.05) is 0 Å². The van der Waals surface area contributed by atoms with E-state index in [2.05, 4.69) is 10.6 Å². The van der Waals surface area contributed by atoms with Crippen molar-refractivity contribution in [3.8, 4) is 0 Å². The van der Waals surface area contributed by atoms with Crippen LogP contribution in [0.15, 0.2) is 0 Å². The molecule has 3 aliphatic heterocycles. The number of carboxylic acid groups (broad SMARTS) is 1. The summed E-state index contributed by atoms with van der Waals surface area (Å²) in [6.07, 6.45) is 1.68. The van der Waals surface area contributed by atoms with Crippen molar-refractivity contribution in [3.05, 3.63) is 0 Å². The topological polar surface area (TPSA) is 108 Å². The molecule has 0 saturated carbocycles. The van der Waals surface area contributed by atoms with Crippen molar-refractivity contribution < 1.29 is 24.2 Å². The van der Waals surface area contributed by atoms with Crippen LogP contribution in [0.2, 0.25) is 0 Å². The zero-order valence-electron chi connectivity index (χ0n) is 12.3. The minimum atomic E-state index is -0.973. The minimum absolute atomic E-state index is 0.0275. The zero-order chi connectivity index (χ0) is 15.7. The number of amides is 3. The van der Waals surface area contributed by atoms with E-state index in [9.17, 15) is 19.5 Å². The maximum Gasteiger partial charge on any atom is 0.317 e. The highest BCUT2D eigenvalue weighted by Crippen LogP contribution is 2.41. The zero-order valence-corrected chi connectivity index (χ0v) is 12.3. The first-order chi connectivity index (χ1) is 10.5. The molecule has 0 spiro atoms. The molecule has 0 aromatic heterocycles. The largest absolute Gasteiger partial charge is 0.481 e. The van der Waals surface area contributed by atoms with E-state index >= 15 is 0 Å². The average molecular weight is 311 g/mol. The van der Waals surface area contributed by atoms with Crippen LogP contribution in [-0.2, 0) is 14.3 Å². The van der Waals surface area contributed by atoms with E-state index in [1.54, 1.807) is 0 Å². The van der Waals surface area contributed by atoms with E-state index in [4.69, 9.17) is 4.74 Å². The molecule has 122 valence electrons. The van der Waals surface area contributed by atoms with Crippen LogP contribution in [0.1, 0.15) is 12.8 Å². The summed E-state index contributed by atoms with van der Waals surface area (Å²) < 4.78 is 5.28. The summed E-state index contributed by atoms with van der Waals surface area (Å²) in [6.45, 7) is 2.06. The number of nitrogens with zero attached hydrogens (tertiary/aromatic N) is 1. The van der Waals surface area contributed by atoms with Gasteiger partial charge in [-0.25, -0.2) is 4.79 Å². The van der Waals surface area contributed by atoms with Crippen molar-refractivity contribution in [1.82, 2.24) is 15.5 Å². The molecular formula is C14H21N3O5. The fourth-order valence-electron chi connectivity index (χ4n) is 3.55. The summed E-state index contributed by atoms with van der Waals surface area (Å²) in [5.74, 6) is -1.29. The van der Waals surface area contributed by atoms with Gasteiger partial charge in [-0.15, -0.1) is 0 Å². The lowest BCUT2D eigenvalue weighted by Crippen LogP contribution is -2.47. The van der Waals surface area contributed by atoms with E-state index in [1.807, 2.05) is 0 Å². The summed E-state index contributed by atoms with van der Waals surface area (Å²) >= 11 is 0. The number of aliphatic carboxylic acids is 1. The van der Waals surface area contributed by atoms with E-state index in [0.29, 0.717) is 26.2 Å². The Balaban J connectivity index is 1.55. The standard InChI is InChI=1S/C14H21N3O5/c18-11-9(2-1-3-15-11)4-16-13(21)17-5-10-6-22-8-14(10,7-17)12(19)20/h9-10H,1-8H2,(H,15,18)(H,16,21)(H,19,20)/t9?,10-,14-/m1/s1. The number of fused-ring (bicyclic) bond motifs is 1. The van der Waals surface area contributed by atoms with E-state index in [-0.39, 0.29) is 36.9 Å². The fourth-order valence-corrected chi connectivity index (χ4v) is 3.55. The SMILES string of the molecule is O=C1NCCCC1CNC(=O)N1C[C@@H]2COC[C@]2(C(=O)O)C1. The van der Waals surface area contributed by atoms with Gasteiger partial charge in [-0.3, -0.25) is 9.59 Å². The van der Waals surface area contributed by atoms with Gasteiger partial charge in [0.2, 0.25) is 5.91 Å². The second-order valence-electron chi connectivity index (χ2n) is 6.37. The number of urea groups is 1. The predicted octanol–water partition coefficient (Wildman–Crippen LogP) is -0.745. The van der Waals surface area contributed by atoms with Gasteiger partial charge in [-0.05, 0) is 12.8 Å². The first-order valence-electron chi connectivity index (χ1n) is 7.64. The van der Waals surface area contributed by atoms with Gasteiger partial charge < -0.3 is 25.4 Å². The smallest absolute Gasteiger partial charge is 0.317 e. The van der Waals surface area contributed by atoms with Gasteiger partial charge in [0.05, 0.1) is 19.1 Å². The molecule has 3 aliphatic rings. The Bertz CT molecular complexity index is 497. The van der Waals surface area contributed by atoms with Crippen LogP contribution in [-0.4, -0.2) is 67.3 Å². The van der Waals surface area contributed by atoms with Crippen molar-refractivity contribution >= 4 is 17.9 Å². The lowest BCUT2D eigenvalue weighted by molar-refractivity contribution is -0.149. The fraction of sp³-hybridized carbons (Fsp3) is 0.786. The summed E-state index contributed by atoms with van der Waals surface area (Å²) in [7, 11) is 0. The van der Waals surface area contributed by atoms with Crippen molar-refractivity contribution in [3.63, 3.8) is 0 Å². The molecule has 3 atom stereocenters. The number of carboxylic acids is 1. The molecule has 3 saturated heterocycles. The van der Waals surface area contributed by atoms with Crippen LogP contribution in [0, 0.1) is 17.3 Å². The van der Waals surface area contributed by atoms with Crippen molar-refractivity contribution in [2.75, 3.05) is 39.4 Å². The molecule has 0 radical (unpaired) electrons. The Morgan fingerprint density at radius 3 is 3.00 bits per heavy atom. The highest BCUT2D eigenvalue weighted by atomic mass is 16.5. The maximum atomic E-state index is 12.2. The highest BCUT2D eigenvalue weighted by molar-refractivity contribution is 5.82. The highest BCUT2D eigenvalue weighted by Gasteiger charge is 2.57. The summed E-state index contributed by atoms with van der Waals surface area (Å²) in [4.78, 5) is 37.0. The summed E-state index contributed by atoms with van der Waals surface area (Å²) in [6, 6.07) is -0.298. The molecule has 3 N–H and O–H groups in total. The summed E-state index contributed by atoms with van der Waals surface area (Å²) in [5.41, 5.74) is -0.973. The number of hydrogen-bond acceptors (Lipinski definition) is 4. The number of carbonyl (C=O) groups excluding carboxylic acids is 2. The second kappa shape index (κ2) is 5.75. The van der Waals surface area contributed by atoms with Crippen LogP contribution < -0.4 is 10.6 Å². The number of piperidine rings is 1. The molecule has 0 aromatic carbocycles. The number of nitrogens with one attached hydrogen (secondary N) is 2. The molecule has 3 rings (SSSR count). The molecule has 8 heteroatoms. The molecule has 0 aliphatic carbocycles. The summed E-state index contributed by atoms with van der Waals surface area (Å²) in [5, 5.41) is 15.0. The Morgan fingerprint density at radius 2 is 2.32 bits per heavy atom. The van der Waals surface area contributed by atoms with Gasteiger partial charge in [0.1, 0.15) is 5.41 Å². The number of ether oxygens (including phenoxy) is 1. The molecule has 22 heavy (non-hydrogen) atoms. The number of likely N-dealkylation sites (tertiary alicyclic amines) is 1. The third-order valence-corrected chi connectivity index (χ3v) is 4.99. The lowest BCUT2D eigenvalue weighted by atomic mass is 9.81. The monoisotopic (exact) mass is 311 g/mol. The molecule has 3 amide bonds. The third kappa shape index (κ3) is 2.51. The van der Waals surface area contributed by atoms with Gasteiger partial charge >= 0.3 is 12.0 Å². The van der Waals surface area contributed by atoms with Crippen LogP contribution in [0.3, 0.4) is 0 Å². The van der Waals surface area contributed by atoms with E-state index < -0.39 is 11.4 Å². The Morgan fingerprint density at radius 1 is 1.50 bits per heavy atom. The van der Waals surface area contributed by atoms with Gasteiger partial charge in [0.25, 0.3) is 0 Å². The molecule has 3 fully saturated rings. The van der Waals surface area contributed by atoms with Gasteiger partial charge in [0, 0.05) is 32.1 Å². The van der Waals surface area contributed by atoms with Crippen molar-refractivity contribution in [2.24, 2.45) is 17.3 Å². The first kappa shape index (κ1) is 15.1. The second-order valence-corrected chi connectivity index (χ2v) is 6.37. The number of carbonyl (C=O) groups is 3. The Labute approximate surface area is 128 Å². The molecule has 0 bridgehead atoms. The third-order valence-electron chi connectivity index (χ3n) is 4.99. The van der Waals surface area contributed by atoms with Gasteiger partial charge in [-0.2, -0.15) is 0 Å². The van der Waals surface area contributed by atoms with Gasteiger partial charge in [0.15, 0.2) is 0 Å². The van der Waals surface area contributed by atoms with Crippen LogP contribution in [0.25, 0.3) is 0 Å². The lowest BCUT2D eigenvalue weighted by Gasteiger charge is -2.25. The maximum absolute atomic E-state index is 12.2. The Kier molecular flexibility index (Phi) is 3.94. The predicted molar refractivity (Wildman–Crippen MR) is 75.1 cm³/mol. The van der Waals surface area contributed by atoms with Crippen LogP contribution in [0.5, 0.6) is 0 Å². The number of hydrogen-bond donors (Lipinski definition) is 3. The molecule has 3 heterocycles. The first-order valence-corrected chi connectivity index (χ1v) is 7.64. The average Bonchev–Trinajstić information content (AvgIpc) is 3.04. The number of rotatable bonds is 3. The Hall–Kier alpha value is -1.83. The van der Waals surface area contributed by atoms with Crippen LogP contribution in [0.4, 0.5) is 4.79 Å². The molecule has 1 unspecified atom stereocenters.